The van der Waals surface area contributed by atoms with E-state index in [0.29, 0.717) is 13.0 Å². The fourth-order valence-corrected chi connectivity index (χ4v) is 1.30. The van der Waals surface area contributed by atoms with Crippen LogP contribution in [0.4, 0.5) is 0 Å². The summed E-state index contributed by atoms with van der Waals surface area (Å²) in [6.07, 6.45) is 2.56. The Morgan fingerprint density at radius 2 is 2.07 bits per heavy atom. The van der Waals surface area contributed by atoms with Crippen molar-refractivity contribution < 1.29 is 4.79 Å². The smallest absolute Gasteiger partial charge is 0.185 e. The van der Waals surface area contributed by atoms with Gasteiger partial charge in [0.2, 0.25) is 0 Å². The van der Waals surface area contributed by atoms with E-state index < -0.39 is 0 Å². The lowest BCUT2D eigenvalue weighted by Crippen LogP contribution is -2.29. The second-order valence-corrected chi connectivity index (χ2v) is 3.78. The maximum absolute atomic E-state index is 10.8. The van der Waals surface area contributed by atoms with Gasteiger partial charge in [0.1, 0.15) is 5.78 Å². The minimum Gasteiger partial charge on any atom is -0.370 e. The molecule has 5 heteroatoms. The molecular weight excluding hydrogens is 192 g/mol. The Morgan fingerprint density at radius 1 is 1.40 bits per heavy atom. The molecule has 0 saturated heterocycles. The van der Waals surface area contributed by atoms with Crippen LogP contribution in [0.3, 0.4) is 0 Å². The lowest BCUT2D eigenvalue weighted by molar-refractivity contribution is -0.117. The zero-order valence-electron chi connectivity index (χ0n) is 9.62. The zero-order chi connectivity index (χ0) is 11.7. The molecule has 5 N–H and O–H groups in total. The fourth-order valence-electron chi connectivity index (χ4n) is 1.30. The molecule has 0 aliphatic carbocycles. The van der Waals surface area contributed by atoms with Crippen molar-refractivity contribution in [2.75, 3.05) is 13.1 Å². The first-order chi connectivity index (χ1) is 7.02. The molecular formula is C10H22N4O. The molecule has 0 rings (SSSR count). The summed E-state index contributed by atoms with van der Waals surface area (Å²) in [6.45, 7) is 5.19. The monoisotopic (exact) mass is 214 g/mol. The van der Waals surface area contributed by atoms with Crippen LogP contribution in [0.15, 0.2) is 4.99 Å². The average molecular weight is 214 g/mol. The van der Waals surface area contributed by atoms with E-state index in [1.807, 2.05) is 6.92 Å². The van der Waals surface area contributed by atoms with Gasteiger partial charge in [0.25, 0.3) is 0 Å². The molecule has 0 amide bonds. The van der Waals surface area contributed by atoms with E-state index in [4.69, 9.17) is 11.5 Å². The van der Waals surface area contributed by atoms with Crippen LogP contribution in [0.1, 0.15) is 33.1 Å². The first-order valence-corrected chi connectivity index (χ1v) is 5.30. The fraction of sp³-hybridized carbons (Fsp3) is 0.800. The molecule has 0 aromatic rings. The molecule has 88 valence electrons. The third-order valence-corrected chi connectivity index (χ3v) is 1.97. The van der Waals surface area contributed by atoms with Gasteiger partial charge in [0.05, 0.1) is 0 Å². The van der Waals surface area contributed by atoms with Crippen LogP contribution in [0.2, 0.25) is 0 Å². The van der Waals surface area contributed by atoms with Crippen molar-refractivity contribution in [3.8, 4) is 0 Å². The number of hydrogen-bond donors (Lipinski definition) is 3. The Labute approximate surface area is 91.3 Å². The van der Waals surface area contributed by atoms with E-state index in [2.05, 4.69) is 10.3 Å². The largest absolute Gasteiger partial charge is 0.370 e. The predicted molar refractivity (Wildman–Crippen MR) is 62.7 cm³/mol. The van der Waals surface area contributed by atoms with E-state index in [0.717, 1.165) is 19.4 Å². The third kappa shape index (κ3) is 10.8. The van der Waals surface area contributed by atoms with Crippen LogP contribution < -0.4 is 16.8 Å². The number of nitrogens with one attached hydrogen (secondary N) is 1. The Balaban J connectivity index is 3.31. The Bertz CT molecular complexity index is 211. The number of rotatable bonds is 8. The molecule has 0 spiro atoms. The molecule has 1 unspecified atom stereocenters. The summed E-state index contributed by atoms with van der Waals surface area (Å²) < 4.78 is 0. The number of aliphatic imine (C=N–C) groups is 1. The molecule has 15 heavy (non-hydrogen) atoms. The maximum Gasteiger partial charge on any atom is 0.185 e. The summed E-state index contributed by atoms with van der Waals surface area (Å²) in [5, 5.41) is 3.27. The van der Waals surface area contributed by atoms with Gasteiger partial charge in [-0.25, -0.2) is 0 Å². The van der Waals surface area contributed by atoms with Crippen molar-refractivity contribution in [1.82, 2.24) is 5.32 Å². The van der Waals surface area contributed by atoms with E-state index in [1.54, 1.807) is 6.92 Å². The van der Waals surface area contributed by atoms with E-state index >= 15 is 0 Å². The Hall–Kier alpha value is -1.10. The van der Waals surface area contributed by atoms with Crippen LogP contribution in [-0.2, 0) is 4.79 Å². The summed E-state index contributed by atoms with van der Waals surface area (Å²) in [5.74, 6) is 0.364. The molecule has 0 aromatic carbocycles. The van der Waals surface area contributed by atoms with Crippen molar-refractivity contribution in [1.29, 1.82) is 0 Å². The Morgan fingerprint density at radius 3 is 2.60 bits per heavy atom. The molecule has 0 aromatic heterocycles. The van der Waals surface area contributed by atoms with E-state index in [1.165, 1.54) is 0 Å². The van der Waals surface area contributed by atoms with Crippen LogP contribution >= 0.6 is 0 Å². The number of carbonyl (C=O) groups excluding carboxylic acids is 1. The van der Waals surface area contributed by atoms with Crippen molar-refractivity contribution in [3.05, 3.63) is 0 Å². The molecule has 0 bridgehead atoms. The molecule has 5 nitrogen and oxygen atoms in total. The summed E-state index contributed by atoms with van der Waals surface area (Å²) in [4.78, 5) is 14.7. The van der Waals surface area contributed by atoms with Gasteiger partial charge >= 0.3 is 0 Å². The minimum atomic E-state index is 0.146. The number of unbranched alkanes of at least 4 members (excludes halogenated alkanes) is 1. The van der Waals surface area contributed by atoms with Gasteiger partial charge in [0, 0.05) is 19.0 Å². The first-order valence-electron chi connectivity index (χ1n) is 5.30. The van der Waals surface area contributed by atoms with Gasteiger partial charge in [-0.3, -0.25) is 9.79 Å². The number of nitrogens with two attached hydrogens (primary N) is 2. The van der Waals surface area contributed by atoms with Gasteiger partial charge in [0.15, 0.2) is 5.96 Å². The molecule has 0 aliphatic heterocycles. The number of guanidine groups is 1. The molecule has 0 aliphatic rings. The first kappa shape index (κ1) is 13.9. The summed E-state index contributed by atoms with van der Waals surface area (Å²) in [7, 11) is 0. The quantitative estimate of drug-likeness (QED) is 0.301. The van der Waals surface area contributed by atoms with Gasteiger partial charge in [-0.15, -0.1) is 0 Å². The van der Waals surface area contributed by atoms with Crippen LogP contribution in [0.5, 0.6) is 0 Å². The van der Waals surface area contributed by atoms with Crippen LogP contribution in [0, 0.1) is 0 Å². The normalized spacial score (nSPS) is 12.1. The number of ketones is 1. The van der Waals surface area contributed by atoms with E-state index in [-0.39, 0.29) is 17.8 Å². The standard InChI is InChI=1S/C10H22N4O/c1-8(7-9(2)15)13-5-3-4-6-14-10(11)12/h8,13H,3-7H2,1-2H3,(H4,11,12,14). The SMILES string of the molecule is CC(=O)CC(C)NCCCCN=C(N)N. The van der Waals surface area contributed by atoms with E-state index in [9.17, 15) is 4.79 Å². The number of carbonyl (C=O) groups is 1. The van der Waals surface area contributed by atoms with Gasteiger partial charge < -0.3 is 16.8 Å². The molecule has 1 atom stereocenters. The topological polar surface area (TPSA) is 93.5 Å². The lowest BCUT2D eigenvalue weighted by Gasteiger charge is -2.11. The van der Waals surface area contributed by atoms with Gasteiger partial charge in [-0.2, -0.15) is 0 Å². The highest BCUT2D eigenvalue weighted by molar-refractivity contribution is 5.76. The number of Topliss-reactive ketones (excluding diaryl/α,β-unsaturated/α-hetero) is 1. The molecule has 0 radical (unpaired) electrons. The van der Waals surface area contributed by atoms with Crippen molar-refractivity contribution >= 4 is 11.7 Å². The van der Waals surface area contributed by atoms with Crippen LogP contribution in [0.25, 0.3) is 0 Å². The van der Waals surface area contributed by atoms with Crippen molar-refractivity contribution in [2.24, 2.45) is 16.5 Å². The number of hydrogen-bond acceptors (Lipinski definition) is 3. The summed E-state index contributed by atoms with van der Waals surface area (Å²) in [6, 6.07) is 0.255. The second-order valence-electron chi connectivity index (χ2n) is 3.78. The van der Waals surface area contributed by atoms with Crippen molar-refractivity contribution in [2.45, 2.75) is 39.2 Å². The Kier molecular flexibility index (Phi) is 7.62. The number of nitrogens with zero attached hydrogens (tertiary/aromatic N) is 1. The second kappa shape index (κ2) is 8.23. The predicted octanol–water partition coefficient (Wildman–Crippen LogP) is -0.00280. The van der Waals surface area contributed by atoms with Gasteiger partial charge in [-0.05, 0) is 33.2 Å². The zero-order valence-corrected chi connectivity index (χ0v) is 9.62. The highest BCUT2D eigenvalue weighted by Gasteiger charge is 2.02. The molecule has 0 saturated carbocycles. The highest BCUT2D eigenvalue weighted by Crippen LogP contribution is 1.93. The minimum absolute atomic E-state index is 0.146. The summed E-state index contributed by atoms with van der Waals surface area (Å²) in [5.41, 5.74) is 10.4. The van der Waals surface area contributed by atoms with Crippen LogP contribution in [-0.4, -0.2) is 30.9 Å². The summed E-state index contributed by atoms with van der Waals surface area (Å²) >= 11 is 0. The molecule has 0 fully saturated rings. The van der Waals surface area contributed by atoms with Gasteiger partial charge in [-0.1, -0.05) is 0 Å². The lowest BCUT2D eigenvalue weighted by atomic mass is 10.2. The third-order valence-electron chi connectivity index (χ3n) is 1.97. The average Bonchev–Trinajstić information content (AvgIpc) is 2.09. The van der Waals surface area contributed by atoms with Crippen molar-refractivity contribution in [3.63, 3.8) is 0 Å². The highest BCUT2D eigenvalue weighted by atomic mass is 16.1. The molecule has 0 heterocycles. The maximum atomic E-state index is 10.8.